The molecular weight excluding hydrogens is 415 g/mol. The fourth-order valence-electron chi connectivity index (χ4n) is 3.40. The van der Waals surface area contributed by atoms with E-state index in [4.69, 9.17) is 4.74 Å². The van der Waals surface area contributed by atoms with E-state index in [0.717, 1.165) is 5.39 Å². The Labute approximate surface area is 183 Å². The lowest BCUT2D eigenvalue weighted by Gasteiger charge is -2.26. The van der Waals surface area contributed by atoms with Gasteiger partial charge in [0.1, 0.15) is 23.7 Å². The van der Waals surface area contributed by atoms with Crippen molar-refractivity contribution >= 4 is 33.7 Å². The minimum absolute atomic E-state index is 0.0730. The van der Waals surface area contributed by atoms with Crippen molar-refractivity contribution in [3.8, 4) is 22.9 Å². The number of ether oxygens (including phenoxy) is 1. The van der Waals surface area contributed by atoms with E-state index in [1.165, 1.54) is 13.2 Å². The SMILES string of the molecule is COc1cc2c(NC(C)(C)C(=O)NCCF)nc(-c3c[nH]c4ncccc34)nc2cc1O. The number of phenolic OH excluding ortho intramolecular Hbond substituents is 1. The normalized spacial score (nSPS) is 11.6. The van der Waals surface area contributed by atoms with Gasteiger partial charge in [-0.3, -0.25) is 4.79 Å². The maximum atomic E-state index is 12.6. The maximum absolute atomic E-state index is 12.6. The maximum Gasteiger partial charge on any atom is 0.245 e. The number of aromatic amines is 1. The van der Waals surface area contributed by atoms with Gasteiger partial charge in [-0.25, -0.2) is 19.3 Å². The van der Waals surface area contributed by atoms with Crippen molar-refractivity contribution < 1.29 is 19.0 Å². The Bertz CT molecular complexity index is 1300. The minimum Gasteiger partial charge on any atom is -0.504 e. The van der Waals surface area contributed by atoms with Crippen LogP contribution in [0.3, 0.4) is 0 Å². The zero-order valence-electron chi connectivity index (χ0n) is 17.9. The van der Waals surface area contributed by atoms with Gasteiger partial charge < -0.3 is 25.5 Å². The molecule has 0 aliphatic rings. The average molecular weight is 438 g/mol. The number of anilines is 1. The van der Waals surface area contributed by atoms with Crippen LogP contribution >= 0.6 is 0 Å². The summed E-state index contributed by atoms with van der Waals surface area (Å²) in [5.41, 5.74) is 0.743. The molecule has 0 bridgehead atoms. The van der Waals surface area contributed by atoms with Crippen LogP contribution in [0.25, 0.3) is 33.3 Å². The Balaban J connectivity index is 1.88. The average Bonchev–Trinajstić information content (AvgIpc) is 3.20. The van der Waals surface area contributed by atoms with Crippen LogP contribution in [0.2, 0.25) is 0 Å². The Morgan fingerprint density at radius 3 is 2.84 bits per heavy atom. The molecule has 4 N–H and O–H groups in total. The number of fused-ring (bicyclic) bond motifs is 2. The fraction of sp³-hybridized carbons (Fsp3) is 0.273. The van der Waals surface area contributed by atoms with Crippen LogP contribution in [-0.4, -0.2) is 56.8 Å². The lowest BCUT2D eigenvalue weighted by molar-refractivity contribution is -0.124. The third-order valence-electron chi connectivity index (χ3n) is 5.07. The van der Waals surface area contributed by atoms with Gasteiger partial charge in [0.15, 0.2) is 17.3 Å². The third-order valence-corrected chi connectivity index (χ3v) is 5.07. The van der Waals surface area contributed by atoms with Crippen molar-refractivity contribution in [3.05, 3.63) is 36.7 Å². The van der Waals surface area contributed by atoms with Crippen LogP contribution in [0.5, 0.6) is 11.5 Å². The first-order chi connectivity index (χ1) is 15.3. The van der Waals surface area contributed by atoms with Crippen molar-refractivity contribution in [1.29, 1.82) is 0 Å². The highest BCUT2D eigenvalue weighted by molar-refractivity contribution is 5.98. The lowest BCUT2D eigenvalue weighted by Crippen LogP contribution is -2.48. The number of aromatic hydroxyl groups is 1. The van der Waals surface area contributed by atoms with Gasteiger partial charge in [-0.1, -0.05) is 0 Å². The molecule has 0 unspecified atom stereocenters. The molecule has 4 aromatic rings. The summed E-state index contributed by atoms with van der Waals surface area (Å²) >= 11 is 0. The molecule has 32 heavy (non-hydrogen) atoms. The summed E-state index contributed by atoms with van der Waals surface area (Å²) in [5, 5.41) is 17.4. The summed E-state index contributed by atoms with van der Waals surface area (Å²) in [6.45, 7) is 2.60. The molecule has 0 aliphatic heterocycles. The van der Waals surface area contributed by atoms with Crippen LogP contribution in [0, 0.1) is 0 Å². The highest BCUT2D eigenvalue weighted by Crippen LogP contribution is 2.36. The number of amides is 1. The second-order valence-corrected chi connectivity index (χ2v) is 7.73. The van der Waals surface area contributed by atoms with E-state index < -0.39 is 12.2 Å². The summed E-state index contributed by atoms with van der Waals surface area (Å²) in [4.78, 5) is 29.3. The Morgan fingerprint density at radius 2 is 2.09 bits per heavy atom. The van der Waals surface area contributed by atoms with Crippen LogP contribution in [0.4, 0.5) is 10.2 Å². The number of hydrogen-bond acceptors (Lipinski definition) is 7. The number of hydrogen-bond donors (Lipinski definition) is 4. The zero-order valence-corrected chi connectivity index (χ0v) is 17.9. The molecule has 0 saturated carbocycles. The van der Waals surface area contributed by atoms with Crippen LogP contribution in [0.15, 0.2) is 36.7 Å². The molecule has 0 spiro atoms. The van der Waals surface area contributed by atoms with Gasteiger partial charge >= 0.3 is 0 Å². The Morgan fingerprint density at radius 1 is 1.28 bits per heavy atom. The molecule has 0 radical (unpaired) electrons. The lowest BCUT2D eigenvalue weighted by atomic mass is 10.0. The number of alkyl halides is 1. The smallest absolute Gasteiger partial charge is 0.245 e. The number of benzene rings is 1. The second kappa shape index (κ2) is 8.29. The van der Waals surface area contributed by atoms with Gasteiger partial charge in [0.25, 0.3) is 0 Å². The Hall–Kier alpha value is -3.95. The number of nitrogens with one attached hydrogen (secondary N) is 3. The van der Waals surface area contributed by atoms with E-state index in [-0.39, 0.29) is 24.0 Å². The third kappa shape index (κ3) is 3.86. The molecule has 0 saturated heterocycles. The van der Waals surface area contributed by atoms with Crippen molar-refractivity contribution in [3.63, 3.8) is 0 Å². The predicted molar refractivity (Wildman–Crippen MR) is 120 cm³/mol. The van der Waals surface area contributed by atoms with E-state index in [1.807, 2.05) is 12.1 Å². The molecule has 1 aromatic carbocycles. The molecule has 166 valence electrons. The van der Waals surface area contributed by atoms with E-state index in [2.05, 4.69) is 30.6 Å². The number of halogens is 1. The van der Waals surface area contributed by atoms with Gasteiger partial charge in [0.2, 0.25) is 5.91 Å². The van der Waals surface area contributed by atoms with E-state index in [1.54, 1.807) is 32.3 Å². The van der Waals surface area contributed by atoms with Crippen LogP contribution in [-0.2, 0) is 4.79 Å². The van der Waals surface area contributed by atoms with E-state index in [9.17, 15) is 14.3 Å². The predicted octanol–water partition coefficient (Wildman–Crippen LogP) is 3.16. The molecule has 0 fully saturated rings. The van der Waals surface area contributed by atoms with Gasteiger partial charge in [0.05, 0.1) is 12.6 Å². The van der Waals surface area contributed by atoms with Crippen molar-refractivity contribution in [2.45, 2.75) is 19.4 Å². The second-order valence-electron chi connectivity index (χ2n) is 7.73. The van der Waals surface area contributed by atoms with Crippen molar-refractivity contribution in [1.82, 2.24) is 25.3 Å². The van der Waals surface area contributed by atoms with Gasteiger partial charge in [-0.05, 0) is 32.0 Å². The topological polar surface area (TPSA) is 125 Å². The van der Waals surface area contributed by atoms with Gasteiger partial charge in [-0.2, -0.15) is 0 Å². The Kier molecular flexibility index (Phi) is 5.52. The number of nitrogens with zero attached hydrogens (tertiary/aromatic N) is 3. The zero-order chi connectivity index (χ0) is 22.9. The first-order valence-electron chi connectivity index (χ1n) is 9.97. The summed E-state index contributed by atoms with van der Waals surface area (Å²) in [6, 6.07) is 6.79. The number of H-pyrrole nitrogens is 1. The van der Waals surface area contributed by atoms with E-state index >= 15 is 0 Å². The van der Waals surface area contributed by atoms with E-state index in [0.29, 0.717) is 33.8 Å². The number of carbonyl (C=O) groups is 1. The number of aromatic nitrogens is 4. The quantitative estimate of drug-likeness (QED) is 0.349. The summed E-state index contributed by atoms with van der Waals surface area (Å²) < 4.78 is 17.8. The number of phenols is 1. The highest BCUT2D eigenvalue weighted by Gasteiger charge is 2.29. The molecule has 9 nitrogen and oxygen atoms in total. The fourth-order valence-corrected chi connectivity index (χ4v) is 3.40. The summed E-state index contributed by atoms with van der Waals surface area (Å²) in [6.07, 6.45) is 3.44. The summed E-state index contributed by atoms with van der Waals surface area (Å²) in [7, 11) is 1.44. The molecule has 4 rings (SSSR count). The first kappa shape index (κ1) is 21.3. The number of rotatable bonds is 7. The molecule has 10 heteroatoms. The number of pyridine rings is 1. The molecule has 3 heterocycles. The van der Waals surface area contributed by atoms with Gasteiger partial charge in [0, 0.05) is 41.3 Å². The monoisotopic (exact) mass is 438 g/mol. The first-order valence-corrected chi connectivity index (χ1v) is 9.97. The van der Waals surface area contributed by atoms with Crippen molar-refractivity contribution in [2.75, 3.05) is 25.6 Å². The largest absolute Gasteiger partial charge is 0.504 e. The molecule has 3 aromatic heterocycles. The number of carbonyl (C=O) groups excluding carboxylic acids is 1. The summed E-state index contributed by atoms with van der Waals surface area (Å²) in [5.74, 6) is 0.528. The molecule has 0 aliphatic carbocycles. The molecule has 1 amide bonds. The van der Waals surface area contributed by atoms with Crippen LogP contribution in [0.1, 0.15) is 13.8 Å². The highest BCUT2D eigenvalue weighted by atomic mass is 19.1. The standard InChI is InChI=1S/C22H23FN6O3/c1-22(2,21(31)25-8-6-23)29-20-13-9-17(32-3)16(30)10-15(13)27-19(28-20)14-11-26-18-12(14)5-4-7-24-18/h4-5,7,9-11,30H,6,8H2,1-3H3,(H,24,26)(H,25,31)(H,27,28,29). The molecular formula is C22H23FN6O3. The van der Waals surface area contributed by atoms with Crippen LogP contribution < -0.4 is 15.4 Å². The minimum atomic E-state index is -1.11. The number of methoxy groups -OCH3 is 1. The molecule has 0 atom stereocenters. The van der Waals surface area contributed by atoms with Gasteiger partial charge in [-0.15, -0.1) is 0 Å². The van der Waals surface area contributed by atoms with Crippen molar-refractivity contribution in [2.24, 2.45) is 0 Å².